The van der Waals surface area contributed by atoms with Crippen LogP contribution in [0.2, 0.25) is 0 Å². The molecule has 34 heavy (non-hydrogen) atoms. The minimum atomic E-state index is -3.27. The standard InChI is InChI=1S/C29H28NO3P/c1-33-28(31)27(29(30,23-14-6-2-7-15-23)24-16-8-3-9-17-24)22-34(32,25-18-10-4-11-19-25)26-20-12-5-13-21-26/h2-21,27H,22,30H2,1H3/t27-/m1/s1. The number of hydrogen-bond donors (Lipinski definition) is 1. The van der Waals surface area contributed by atoms with E-state index in [-0.39, 0.29) is 6.16 Å². The van der Waals surface area contributed by atoms with Crippen LogP contribution in [0, 0.1) is 5.92 Å². The van der Waals surface area contributed by atoms with Gasteiger partial charge in [0, 0.05) is 16.8 Å². The van der Waals surface area contributed by atoms with Crippen LogP contribution in [0.15, 0.2) is 121 Å². The van der Waals surface area contributed by atoms with Crippen molar-refractivity contribution in [1.82, 2.24) is 0 Å². The van der Waals surface area contributed by atoms with E-state index in [0.717, 1.165) is 11.1 Å². The van der Waals surface area contributed by atoms with Crippen molar-refractivity contribution < 1.29 is 14.1 Å². The van der Waals surface area contributed by atoms with Crippen LogP contribution >= 0.6 is 7.14 Å². The molecule has 2 N–H and O–H groups in total. The van der Waals surface area contributed by atoms with Crippen LogP contribution in [0.25, 0.3) is 0 Å². The van der Waals surface area contributed by atoms with E-state index in [1.54, 1.807) is 0 Å². The van der Waals surface area contributed by atoms with Crippen molar-refractivity contribution in [3.8, 4) is 0 Å². The molecule has 0 aliphatic carbocycles. The number of carbonyl (C=O) groups is 1. The fraction of sp³-hybridized carbons (Fsp3) is 0.138. The normalized spacial score (nSPS) is 12.6. The highest BCUT2D eigenvalue weighted by molar-refractivity contribution is 7.78. The number of methoxy groups -OCH3 is 1. The molecule has 0 fully saturated rings. The monoisotopic (exact) mass is 469 g/mol. The van der Waals surface area contributed by atoms with Crippen LogP contribution in [0.5, 0.6) is 0 Å². The van der Waals surface area contributed by atoms with E-state index in [1.807, 2.05) is 121 Å². The third-order valence-electron chi connectivity index (χ3n) is 6.32. The van der Waals surface area contributed by atoms with Gasteiger partial charge in [0.15, 0.2) is 0 Å². The lowest BCUT2D eigenvalue weighted by molar-refractivity contribution is -0.146. The highest BCUT2D eigenvalue weighted by atomic mass is 31.2. The zero-order valence-electron chi connectivity index (χ0n) is 19.1. The molecule has 1 atom stereocenters. The van der Waals surface area contributed by atoms with E-state index >= 15 is 0 Å². The zero-order chi connectivity index (χ0) is 24.0. The summed E-state index contributed by atoms with van der Waals surface area (Å²) in [5.74, 6) is -1.41. The molecule has 0 saturated carbocycles. The van der Waals surface area contributed by atoms with Gasteiger partial charge in [0.1, 0.15) is 7.14 Å². The fourth-order valence-corrected chi connectivity index (χ4v) is 7.48. The van der Waals surface area contributed by atoms with Gasteiger partial charge in [-0.2, -0.15) is 0 Å². The van der Waals surface area contributed by atoms with Gasteiger partial charge in [-0.05, 0) is 11.1 Å². The third kappa shape index (κ3) is 4.48. The van der Waals surface area contributed by atoms with Crippen molar-refractivity contribution in [2.45, 2.75) is 5.54 Å². The molecule has 0 spiro atoms. The molecule has 5 heteroatoms. The molecular weight excluding hydrogens is 441 g/mol. The van der Waals surface area contributed by atoms with Gasteiger partial charge in [0.05, 0.1) is 18.6 Å². The fourth-order valence-electron chi connectivity index (χ4n) is 4.50. The van der Waals surface area contributed by atoms with Crippen LogP contribution < -0.4 is 16.3 Å². The molecular formula is C29H28NO3P. The Morgan fingerprint density at radius 1 is 0.735 bits per heavy atom. The first-order valence-electron chi connectivity index (χ1n) is 11.2. The number of nitrogens with two attached hydrogens (primary N) is 1. The average Bonchev–Trinajstić information content (AvgIpc) is 2.92. The molecule has 0 aliphatic rings. The van der Waals surface area contributed by atoms with Crippen molar-refractivity contribution in [3.05, 3.63) is 132 Å². The summed E-state index contributed by atoms with van der Waals surface area (Å²) in [6.07, 6.45) is 0.0218. The number of esters is 1. The van der Waals surface area contributed by atoms with E-state index in [9.17, 15) is 9.36 Å². The maximum atomic E-state index is 14.9. The molecule has 4 aromatic rings. The van der Waals surface area contributed by atoms with E-state index in [0.29, 0.717) is 10.6 Å². The Morgan fingerprint density at radius 3 is 1.44 bits per heavy atom. The van der Waals surface area contributed by atoms with Crippen molar-refractivity contribution in [3.63, 3.8) is 0 Å². The Kier molecular flexibility index (Phi) is 7.12. The quantitative estimate of drug-likeness (QED) is 0.300. The summed E-state index contributed by atoms with van der Waals surface area (Å²) in [6, 6.07) is 37.6. The third-order valence-corrected chi connectivity index (χ3v) is 9.47. The molecule has 0 aliphatic heterocycles. The molecule has 4 aromatic carbocycles. The summed E-state index contributed by atoms with van der Waals surface area (Å²) in [7, 11) is -1.92. The average molecular weight is 470 g/mol. The lowest BCUT2D eigenvalue weighted by atomic mass is 9.74. The highest BCUT2D eigenvalue weighted by Crippen LogP contribution is 2.49. The lowest BCUT2D eigenvalue weighted by Crippen LogP contribution is -2.51. The molecule has 0 radical (unpaired) electrons. The topological polar surface area (TPSA) is 69.4 Å². The number of rotatable bonds is 8. The molecule has 0 amide bonds. The van der Waals surface area contributed by atoms with Crippen molar-refractivity contribution >= 4 is 23.7 Å². The zero-order valence-corrected chi connectivity index (χ0v) is 20.0. The van der Waals surface area contributed by atoms with Gasteiger partial charge in [-0.1, -0.05) is 121 Å². The predicted octanol–water partition coefficient (Wildman–Crippen LogP) is 4.69. The summed E-state index contributed by atoms with van der Waals surface area (Å²) >= 11 is 0. The van der Waals surface area contributed by atoms with Crippen molar-refractivity contribution in [1.29, 1.82) is 0 Å². The van der Waals surface area contributed by atoms with Crippen molar-refractivity contribution in [2.24, 2.45) is 11.7 Å². The smallest absolute Gasteiger partial charge is 0.311 e. The number of carbonyl (C=O) groups excluding carboxylic acids is 1. The van der Waals surface area contributed by atoms with Gasteiger partial charge >= 0.3 is 5.97 Å². The van der Waals surface area contributed by atoms with Gasteiger partial charge in [0.25, 0.3) is 0 Å². The highest BCUT2D eigenvalue weighted by Gasteiger charge is 2.47. The Morgan fingerprint density at radius 2 is 1.09 bits per heavy atom. The Bertz CT molecular complexity index is 1180. The van der Waals surface area contributed by atoms with E-state index in [1.165, 1.54) is 7.11 Å². The summed E-state index contributed by atoms with van der Waals surface area (Å²) in [6.45, 7) is 0. The number of benzene rings is 4. The largest absolute Gasteiger partial charge is 0.469 e. The van der Waals surface area contributed by atoms with Crippen LogP contribution in [-0.4, -0.2) is 19.2 Å². The molecule has 0 saturated heterocycles. The molecule has 0 unspecified atom stereocenters. The minimum Gasteiger partial charge on any atom is -0.469 e. The second-order valence-corrected chi connectivity index (χ2v) is 11.1. The second kappa shape index (κ2) is 10.2. The van der Waals surface area contributed by atoms with Crippen LogP contribution in [0.3, 0.4) is 0 Å². The predicted molar refractivity (Wildman–Crippen MR) is 138 cm³/mol. The second-order valence-electron chi connectivity index (χ2n) is 8.27. The van der Waals surface area contributed by atoms with Crippen molar-refractivity contribution in [2.75, 3.05) is 13.3 Å². The number of ether oxygens (including phenoxy) is 1. The Labute approximate surface area is 200 Å². The molecule has 0 aromatic heterocycles. The molecule has 4 rings (SSSR count). The van der Waals surface area contributed by atoms with Crippen LogP contribution in [0.4, 0.5) is 0 Å². The van der Waals surface area contributed by atoms with E-state index < -0.39 is 24.6 Å². The Balaban J connectivity index is 1.94. The number of hydrogen-bond acceptors (Lipinski definition) is 4. The molecule has 4 nitrogen and oxygen atoms in total. The molecule has 0 bridgehead atoms. The lowest BCUT2D eigenvalue weighted by Gasteiger charge is -2.38. The van der Waals surface area contributed by atoms with Gasteiger partial charge in [-0.3, -0.25) is 4.79 Å². The van der Waals surface area contributed by atoms with Crippen LogP contribution in [-0.2, 0) is 19.6 Å². The van der Waals surface area contributed by atoms with Gasteiger partial charge < -0.3 is 15.0 Å². The van der Waals surface area contributed by atoms with Crippen LogP contribution in [0.1, 0.15) is 11.1 Å². The van der Waals surface area contributed by atoms with Gasteiger partial charge in [-0.15, -0.1) is 0 Å². The minimum absolute atomic E-state index is 0.0218. The van der Waals surface area contributed by atoms with Gasteiger partial charge in [0.2, 0.25) is 0 Å². The molecule has 172 valence electrons. The van der Waals surface area contributed by atoms with E-state index in [2.05, 4.69) is 0 Å². The maximum absolute atomic E-state index is 14.9. The first-order chi connectivity index (χ1) is 16.5. The summed E-state index contributed by atoms with van der Waals surface area (Å²) < 4.78 is 20.2. The first kappa shape index (κ1) is 23.7. The summed E-state index contributed by atoms with van der Waals surface area (Å²) in [4.78, 5) is 13.4. The van der Waals surface area contributed by atoms with E-state index in [4.69, 9.17) is 10.5 Å². The first-order valence-corrected chi connectivity index (χ1v) is 13.1. The SMILES string of the molecule is COC(=O)[C@@H](CP(=O)(c1ccccc1)c1ccccc1)C(N)(c1ccccc1)c1ccccc1. The maximum Gasteiger partial charge on any atom is 0.311 e. The molecule has 0 heterocycles. The van der Waals surface area contributed by atoms with Gasteiger partial charge in [-0.25, -0.2) is 0 Å². The summed E-state index contributed by atoms with van der Waals surface area (Å²) in [5, 5.41) is 1.36. The Hall–Kier alpha value is -3.46. The summed E-state index contributed by atoms with van der Waals surface area (Å²) in [5.41, 5.74) is 7.46.